The molecule has 0 radical (unpaired) electrons. The second-order valence-electron chi connectivity index (χ2n) is 12.9. The summed E-state index contributed by atoms with van der Waals surface area (Å²) < 4.78 is 8.47. The molecule has 244 valence electrons. The van der Waals surface area contributed by atoms with Crippen LogP contribution in [0.1, 0.15) is 53.8 Å². The van der Waals surface area contributed by atoms with Crippen LogP contribution in [0.2, 0.25) is 0 Å². The first-order chi connectivity index (χ1) is 24.0. The van der Waals surface area contributed by atoms with Crippen LogP contribution in [0.3, 0.4) is 0 Å². The SMILES string of the molecule is CC(C)[C@H]1N(C(=O)CCc2cn(C(c3ccccc3)(c3ccccc3)c3ccccc3)cn2)C(=O)OC1(c1ccccc1)c1ccccc1. The van der Waals surface area contributed by atoms with Gasteiger partial charge in [-0.05, 0) is 29.0 Å². The number of hydrogen-bond acceptors (Lipinski definition) is 4. The lowest BCUT2D eigenvalue weighted by molar-refractivity contribution is -0.130. The number of amides is 2. The zero-order valence-electron chi connectivity index (χ0n) is 27.7. The van der Waals surface area contributed by atoms with Crippen molar-refractivity contribution in [2.24, 2.45) is 5.92 Å². The maximum atomic E-state index is 14.2. The third-order valence-electron chi connectivity index (χ3n) is 9.64. The number of rotatable bonds is 10. The molecule has 1 aliphatic rings. The number of nitrogens with zero attached hydrogens (tertiary/aromatic N) is 3. The van der Waals surface area contributed by atoms with E-state index in [1.807, 2.05) is 105 Å². The van der Waals surface area contributed by atoms with Crippen LogP contribution in [0, 0.1) is 5.92 Å². The summed E-state index contributed by atoms with van der Waals surface area (Å²) in [5, 5.41) is 0. The van der Waals surface area contributed by atoms with Crippen molar-refractivity contribution >= 4 is 12.0 Å². The molecule has 7 rings (SSSR count). The van der Waals surface area contributed by atoms with Gasteiger partial charge in [0.1, 0.15) is 5.54 Å². The Hall–Kier alpha value is -5.75. The fraction of sp³-hybridized carbons (Fsp3) is 0.186. The number of hydrogen-bond donors (Lipinski definition) is 0. The normalized spacial score (nSPS) is 15.7. The Morgan fingerprint density at radius 2 is 1.14 bits per heavy atom. The standard InChI is InChI=1S/C43H39N3O3/c1-32(2)40-43(36-24-14-6-15-25-36,37-26-16-7-17-27-37)49-41(48)46(40)39(47)29-28-38-30-45(31-44-38)42(33-18-8-3-9-19-33,34-20-10-4-11-21-34)35-22-12-5-13-23-35/h3-27,30-32,40H,28-29H2,1-2H3/t40-/m1/s1. The summed E-state index contributed by atoms with van der Waals surface area (Å²) in [7, 11) is 0. The third kappa shape index (κ3) is 5.53. The molecule has 1 atom stereocenters. The monoisotopic (exact) mass is 645 g/mol. The number of imidazole rings is 1. The largest absolute Gasteiger partial charge is 0.430 e. The van der Waals surface area contributed by atoms with Gasteiger partial charge < -0.3 is 9.30 Å². The van der Waals surface area contributed by atoms with Crippen molar-refractivity contribution in [1.29, 1.82) is 0 Å². The van der Waals surface area contributed by atoms with E-state index in [2.05, 4.69) is 77.4 Å². The summed E-state index contributed by atoms with van der Waals surface area (Å²) in [6, 6.07) is 50.2. The topological polar surface area (TPSA) is 64.4 Å². The van der Waals surface area contributed by atoms with Gasteiger partial charge in [-0.2, -0.15) is 0 Å². The van der Waals surface area contributed by atoms with Crippen LogP contribution < -0.4 is 0 Å². The molecule has 2 heterocycles. The number of aryl methyl sites for hydroxylation is 1. The molecule has 2 amide bonds. The minimum Gasteiger partial charge on any atom is -0.430 e. The Morgan fingerprint density at radius 3 is 1.57 bits per heavy atom. The summed E-state index contributed by atoms with van der Waals surface area (Å²) in [4.78, 5) is 34.1. The van der Waals surface area contributed by atoms with Crippen LogP contribution in [0.15, 0.2) is 164 Å². The zero-order valence-corrected chi connectivity index (χ0v) is 27.7. The fourth-order valence-electron chi connectivity index (χ4n) is 7.58. The molecule has 0 spiro atoms. The van der Waals surface area contributed by atoms with E-state index in [4.69, 9.17) is 9.72 Å². The van der Waals surface area contributed by atoms with Crippen molar-refractivity contribution in [3.05, 3.63) is 198 Å². The minimum absolute atomic E-state index is 0.0849. The molecule has 1 saturated heterocycles. The Bertz CT molecular complexity index is 1870. The Morgan fingerprint density at radius 1 is 0.714 bits per heavy atom. The van der Waals surface area contributed by atoms with Crippen LogP contribution >= 0.6 is 0 Å². The highest BCUT2D eigenvalue weighted by atomic mass is 16.6. The Kier molecular flexibility index (Phi) is 8.70. The Balaban J connectivity index is 1.23. The highest BCUT2D eigenvalue weighted by molar-refractivity contribution is 5.95. The van der Waals surface area contributed by atoms with Crippen LogP contribution in [0.25, 0.3) is 0 Å². The lowest BCUT2D eigenvalue weighted by atomic mass is 9.75. The van der Waals surface area contributed by atoms with Crippen LogP contribution in [0.5, 0.6) is 0 Å². The number of carbonyl (C=O) groups excluding carboxylic acids is 2. The van der Waals surface area contributed by atoms with Crippen molar-refractivity contribution in [3.63, 3.8) is 0 Å². The first-order valence-corrected chi connectivity index (χ1v) is 16.8. The molecule has 0 bridgehead atoms. The molecule has 1 aliphatic heterocycles. The molecular weight excluding hydrogens is 606 g/mol. The molecular formula is C43H39N3O3. The first-order valence-electron chi connectivity index (χ1n) is 16.8. The molecule has 0 aliphatic carbocycles. The molecule has 0 N–H and O–H groups in total. The van der Waals surface area contributed by atoms with E-state index in [0.717, 1.165) is 33.5 Å². The van der Waals surface area contributed by atoms with Gasteiger partial charge >= 0.3 is 6.09 Å². The molecule has 49 heavy (non-hydrogen) atoms. The molecule has 5 aromatic carbocycles. The van der Waals surface area contributed by atoms with Gasteiger partial charge in [-0.1, -0.05) is 166 Å². The first kappa shape index (κ1) is 31.8. The lowest BCUT2D eigenvalue weighted by Crippen LogP contribution is -2.49. The second-order valence-corrected chi connectivity index (χ2v) is 12.9. The van der Waals surface area contributed by atoms with Crippen molar-refractivity contribution in [1.82, 2.24) is 14.5 Å². The quantitative estimate of drug-likeness (QED) is 0.140. The summed E-state index contributed by atoms with van der Waals surface area (Å²) in [5.74, 6) is -0.370. The summed E-state index contributed by atoms with van der Waals surface area (Å²) >= 11 is 0. The van der Waals surface area contributed by atoms with Crippen molar-refractivity contribution < 1.29 is 14.3 Å². The second kappa shape index (κ2) is 13.4. The number of cyclic esters (lactones) is 1. The number of carbonyl (C=O) groups is 2. The van der Waals surface area contributed by atoms with E-state index < -0.39 is 23.3 Å². The van der Waals surface area contributed by atoms with Crippen LogP contribution in [-0.4, -0.2) is 32.5 Å². The number of ether oxygens (including phenoxy) is 1. The van der Waals surface area contributed by atoms with Gasteiger partial charge in [0.2, 0.25) is 5.91 Å². The summed E-state index contributed by atoms with van der Waals surface area (Å²) in [6.07, 6.45) is 3.71. The van der Waals surface area contributed by atoms with Gasteiger partial charge in [0.15, 0.2) is 5.60 Å². The molecule has 1 aromatic heterocycles. The van der Waals surface area contributed by atoms with Crippen molar-refractivity contribution in [3.8, 4) is 0 Å². The predicted molar refractivity (Wildman–Crippen MR) is 191 cm³/mol. The number of benzene rings is 5. The smallest absolute Gasteiger partial charge is 0.418 e. The highest BCUT2D eigenvalue weighted by Gasteiger charge is 2.59. The summed E-state index contributed by atoms with van der Waals surface area (Å²) in [6.45, 7) is 4.07. The van der Waals surface area contributed by atoms with Crippen molar-refractivity contribution in [2.75, 3.05) is 0 Å². The van der Waals surface area contributed by atoms with Crippen molar-refractivity contribution in [2.45, 2.75) is 43.9 Å². The zero-order chi connectivity index (χ0) is 33.8. The molecule has 6 aromatic rings. The van der Waals surface area contributed by atoms with E-state index in [9.17, 15) is 9.59 Å². The lowest BCUT2D eigenvalue weighted by Gasteiger charge is -2.37. The van der Waals surface area contributed by atoms with Gasteiger partial charge in [-0.25, -0.2) is 14.7 Å². The van der Waals surface area contributed by atoms with Gasteiger partial charge in [0.25, 0.3) is 0 Å². The van der Waals surface area contributed by atoms with Gasteiger partial charge in [-0.3, -0.25) is 4.79 Å². The van der Waals surface area contributed by atoms with E-state index in [-0.39, 0.29) is 18.2 Å². The molecule has 6 nitrogen and oxygen atoms in total. The third-order valence-corrected chi connectivity index (χ3v) is 9.64. The summed E-state index contributed by atoms with van der Waals surface area (Å²) in [5.41, 5.74) is 3.85. The van der Waals surface area contributed by atoms with E-state index in [1.165, 1.54) is 4.90 Å². The molecule has 6 heteroatoms. The number of aromatic nitrogens is 2. The fourth-order valence-corrected chi connectivity index (χ4v) is 7.58. The van der Waals surface area contributed by atoms with E-state index in [0.29, 0.717) is 6.42 Å². The molecule has 0 unspecified atom stereocenters. The van der Waals surface area contributed by atoms with Gasteiger partial charge in [0.05, 0.1) is 18.1 Å². The van der Waals surface area contributed by atoms with Crippen LogP contribution in [-0.2, 0) is 27.1 Å². The maximum Gasteiger partial charge on any atom is 0.418 e. The maximum absolute atomic E-state index is 14.2. The van der Waals surface area contributed by atoms with E-state index >= 15 is 0 Å². The molecule has 0 saturated carbocycles. The molecule has 1 fully saturated rings. The number of imide groups is 1. The Labute approximate surface area is 287 Å². The van der Waals surface area contributed by atoms with Gasteiger partial charge in [-0.15, -0.1) is 0 Å². The van der Waals surface area contributed by atoms with Crippen LogP contribution in [0.4, 0.5) is 4.79 Å². The average Bonchev–Trinajstić information content (AvgIpc) is 3.76. The minimum atomic E-state index is -1.13. The predicted octanol–water partition coefficient (Wildman–Crippen LogP) is 8.60. The highest BCUT2D eigenvalue weighted by Crippen LogP contribution is 2.47. The average molecular weight is 646 g/mol. The van der Waals surface area contributed by atoms with E-state index in [1.54, 1.807) is 0 Å². The van der Waals surface area contributed by atoms with Gasteiger partial charge in [0, 0.05) is 23.7 Å².